The molecule has 1 amide bonds. The van der Waals surface area contributed by atoms with E-state index in [2.05, 4.69) is 10.0 Å². The Morgan fingerprint density at radius 2 is 1.83 bits per heavy atom. The first-order chi connectivity index (χ1) is 13.9. The number of hydrogen-bond acceptors (Lipinski definition) is 5. The van der Waals surface area contributed by atoms with E-state index in [0.29, 0.717) is 25.4 Å². The molecule has 0 unspecified atom stereocenters. The molecule has 2 aromatic rings. The fourth-order valence-electron chi connectivity index (χ4n) is 3.58. The number of amides is 1. The number of benzene rings is 2. The molecule has 1 aliphatic rings. The molecule has 0 spiro atoms. The Balaban J connectivity index is 1.85. The van der Waals surface area contributed by atoms with Crippen molar-refractivity contribution in [3.8, 4) is 0 Å². The van der Waals surface area contributed by atoms with Crippen LogP contribution in [0.3, 0.4) is 0 Å². The van der Waals surface area contributed by atoms with Crippen LogP contribution >= 0.6 is 11.8 Å². The second kappa shape index (κ2) is 9.30. The van der Waals surface area contributed by atoms with Crippen LogP contribution in [0.4, 0.5) is 5.69 Å². The summed E-state index contributed by atoms with van der Waals surface area (Å²) >= 11 is 1.45. The van der Waals surface area contributed by atoms with Crippen molar-refractivity contribution < 1.29 is 17.9 Å². The van der Waals surface area contributed by atoms with Gasteiger partial charge in [-0.1, -0.05) is 30.3 Å². The molecule has 0 aliphatic carbocycles. The summed E-state index contributed by atoms with van der Waals surface area (Å²) in [5.74, 6) is -0.243. The third-order valence-corrected chi connectivity index (χ3v) is 7.42. The van der Waals surface area contributed by atoms with Gasteiger partial charge in [0.1, 0.15) is 0 Å². The van der Waals surface area contributed by atoms with E-state index in [1.165, 1.54) is 24.8 Å². The van der Waals surface area contributed by atoms with Crippen molar-refractivity contribution >= 4 is 33.4 Å². The fourth-order valence-corrected chi connectivity index (χ4v) is 5.27. The Morgan fingerprint density at radius 1 is 1.14 bits per heavy atom. The predicted octanol–water partition coefficient (Wildman–Crippen LogP) is 3.39. The van der Waals surface area contributed by atoms with E-state index in [1.54, 1.807) is 12.1 Å². The molecular weight excluding hydrogens is 408 g/mol. The van der Waals surface area contributed by atoms with Gasteiger partial charge in [0.05, 0.1) is 10.6 Å². The van der Waals surface area contributed by atoms with Gasteiger partial charge in [0, 0.05) is 37.0 Å². The third kappa shape index (κ3) is 5.19. The highest BCUT2D eigenvalue weighted by molar-refractivity contribution is 7.98. The number of carbonyl (C=O) groups excluding carboxylic acids is 1. The lowest BCUT2D eigenvalue weighted by molar-refractivity contribution is -0.114. The zero-order valence-corrected chi connectivity index (χ0v) is 18.2. The molecule has 1 fully saturated rings. The lowest BCUT2D eigenvalue weighted by Crippen LogP contribution is -2.44. The SMILES string of the molecule is CSc1ccc(S(=O)(=O)NCC2(c3ccccc3)CCOCC2)cc1NC(C)=O. The molecule has 0 bridgehead atoms. The Morgan fingerprint density at radius 3 is 2.45 bits per heavy atom. The van der Waals surface area contributed by atoms with E-state index in [0.717, 1.165) is 23.3 Å². The van der Waals surface area contributed by atoms with Crippen LogP contribution < -0.4 is 10.0 Å². The number of sulfonamides is 1. The van der Waals surface area contributed by atoms with E-state index < -0.39 is 10.0 Å². The molecule has 156 valence electrons. The maximum atomic E-state index is 13.0. The number of nitrogens with one attached hydrogen (secondary N) is 2. The Bertz CT molecular complexity index is 956. The number of thioether (sulfide) groups is 1. The summed E-state index contributed by atoms with van der Waals surface area (Å²) in [6.07, 6.45) is 3.38. The topological polar surface area (TPSA) is 84.5 Å². The van der Waals surface area contributed by atoms with Crippen LogP contribution in [0.2, 0.25) is 0 Å². The van der Waals surface area contributed by atoms with Gasteiger partial charge in [-0.15, -0.1) is 11.8 Å². The van der Waals surface area contributed by atoms with Crippen molar-refractivity contribution in [2.75, 3.05) is 31.3 Å². The van der Waals surface area contributed by atoms with Gasteiger partial charge < -0.3 is 10.1 Å². The molecule has 1 aliphatic heterocycles. The second-order valence-corrected chi connectivity index (χ2v) is 9.74. The van der Waals surface area contributed by atoms with Crippen LogP contribution in [0.5, 0.6) is 0 Å². The molecular formula is C21H26N2O4S2. The van der Waals surface area contributed by atoms with Crippen molar-refractivity contribution in [2.24, 2.45) is 0 Å². The van der Waals surface area contributed by atoms with Crippen LogP contribution in [0, 0.1) is 0 Å². The lowest BCUT2D eigenvalue weighted by atomic mass is 9.74. The van der Waals surface area contributed by atoms with E-state index in [4.69, 9.17) is 4.74 Å². The van der Waals surface area contributed by atoms with Gasteiger partial charge in [0.2, 0.25) is 15.9 Å². The highest BCUT2D eigenvalue weighted by Crippen LogP contribution is 2.35. The van der Waals surface area contributed by atoms with E-state index >= 15 is 0 Å². The average molecular weight is 435 g/mol. The molecule has 0 aromatic heterocycles. The van der Waals surface area contributed by atoms with Crippen LogP contribution in [-0.4, -0.2) is 40.3 Å². The van der Waals surface area contributed by atoms with Crippen molar-refractivity contribution in [2.45, 2.75) is 35.0 Å². The van der Waals surface area contributed by atoms with E-state index in [1.807, 2.05) is 36.6 Å². The Labute approximate surface area is 176 Å². The van der Waals surface area contributed by atoms with Gasteiger partial charge in [-0.3, -0.25) is 4.79 Å². The quantitative estimate of drug-likeness (QED) is 0.653. The normalized spacial score (nSPS) is 16.3. The van der Waals surface area contributed by atoms with Gasteiger partial charge in [-0.05, 0) is 42.9 Å². The molecule has 1 heterocycles. The fraction of sp³-hybridized carbons (Fsp3) is 0.381. The lowest BCUT2D eigenvalue weighted by Gasteiger charge is -2.37. The highest BCUT2D eigenvalue weighted by Gasteiger charge is 2.35. The van der Waals surface area contributed by atoms with Crippen molar-refractivity contribution in [1.29, 1.82) is 0 Å². The summed E-state index contributed by atoms with van der Waals surface area (Å²) in [5.41, 5.74) is 1.31. The van der Waals surface area contributed by atoms with Crippen LogP contribution in [-0.2, 0) is 25.0 Å². The first-order valence-electron chi connectivity index (χ1n) is 9.45. The summed E-state index contributed by atoms with van der Waals surface area (Å²) < 4.78 is 34.4. The Hall–Kier alpha value is -1.87. The summed E-state index contributed by atoms with van der Waals surface area (Å²) in [7, 11) is -3.74. The first kappa shape index (κ1) is 21.8. The second-order valence-electron chi connectivity index (χ2n) is 7.13. The molecule has 0 radical (unpaired) electrons. The average Bonchev–Trinajstić information content (AvgIpc) is 2.73. The molecule has 29 heavy (non-hydrogen) atoms. The summed E-state index contributed by atoms with van der Waals surface area (Å²) in [6, 6.07) is 14.8. The predicted molar refractivity (Wildman–Crippen MR) is 116 cm³/mol. The molecule has 2 aromatic carbocycles. The minimum atomic E-state index is -3.74. The van der Waals surface area contributed by atoms with Gasteiger partial charge in [-0.25, -0.2) is 13.1 Å². The zero-order valence-electron chi connectivity index (χ0n) is 16.6. The number of carbonyl (C=O) groups is 1. The van der Waals surface area contributed by atoms with Gasteiger partial charge in [0.15, 0.2) is 0 Å². The zero-order chi connectivity index (χ0) is 20.9. The number of hydrogen-bond donors (Lipinski definition) is 2. The van der Waals surface area contributed by atoms with Gasteiger partial charge >= 0.3 is 0 Å². The minimum Gasteiger partial charge on any atom is -0.381 e. The maximum absolute atomic E-state index is 13.0. The molecule has 3 rings (SSSR count). The summed E-state index contributed by atoms with van der Waals surface area (Å²) in [4.78, 5) is 12.4. The van der Waals surface area contributed by atoms with Crippen LogP contribution in [0.25, 0.3) is 0 Å². The highest BCUT2D eigenvalue weighted by atomic mass is 32.2. The number of anilines is 1. The summed E-state index contributed by atoms with van der Waals surface area (Å²) in [6.45, 7) is 2.90. The maximum Gasteiger partial charge on any atom is 0.240 e. The molecule has 6 nitrogen and oxygen atoms in total. The molecule has 0 atom stereocenters. The van der Waals surface area contributed by atoms with Crippen LogP contribution in [0.1, 0.15) is 25.3 Å². The molecule has 2 N–H and O–H groups in total. The molecule has 1 saturated heterocycles. The monoisotopic (exact) mass is 434 g/mol. The van der Waals surface area contributed by atoms with Gasteiger partial charge in [0.25, 0.3) is 0 Å². The molecule has 0 saturated carbocycles. The van der Waals surface area contributed by atoms with Crippen molar-refractivity contribution in [3.63, 3.8) is 0 Å². The summed E-state index contributed by atoms with van der Waals surface area (Å²) in [5, 5.41) is 2.71. The van der Waals surface area contributed by atoms with Crippen molar-refractivity contribution in [1.82, 2.24) is 4.72 Å². The minimum absolute atomic E-state index is 0.134. The molecule has 8 heteroatoms. The first-order valence-corrected chi connectivity index (χ1v) is 12.2. The van der Waals surface area contributed by atoms with Crippen molar-refractivity contribution in [3.05, 3.63) is 54.1 Å². The van der Waals surface area contributed by atoms with Crippen LogP contribution in [0.15, 0.2) is 58.3 Å². The van der Waals surface area contributed by atoms with Gasteiger partial charge in [-0.2, -0.15) is 0 Å². The largest absolute Gasteiger partial charge is 0.381 e. The standard InChI is InChI=1S/C21H26N2O4S2/c1-16(24)23-19-14-18(8-9-20(19)28-2)29(25,26)22-15-21(10-12-27-13-11-21)17-6-4-3-5-7-17/h3-9,14,22H,10-13,15H2,1-2H3,(H,23,24). The third-order valence-electron chi connectivity index (χ3n) is 5.23. The smallest absolute Gasteiger partial charge is 0.240 e. The number of ether oxygens (including phenoxy) is 1. The van der Waals surface area contributed by atoms with E-state index in [-0.39, 0.29) is 16.2 Å². The van der Waals surface area contributed by atoms with E-state index in [9.17, 15) is 13.2 Å². The Kier molecular flexibility index (Phi) is 7.00. The number of rotatable bonds is 7.